The number of aromatic nitrogens is 2. The van der Waals surface area contributed by atoms with Crippen LogP contribution in [-0.2, 0) is 6.54 Å². The monoisotopic (exact) mass is 267 g/mol. The zero-order chi connectivity index (χ0) is 12.4. The molecule has 0 N–H and O–H groups in total. The maximum Gasteiger partial charge on any atom is 0.0764 e. The molecule has 100 valence electrons. The fourth-order valence-electron chi connectivity index (χ4n) is 3.21. The summed E-state index contributed by atoms with van der Waals surface area (Å²) in [5.74, 6) is 0. The van der Waals surface area contributed by atoms with Crippen LogP contribution in [0.3, 0.4) is 0 Å². The highest BCUT2D eigenvalue weighted by atomic mass is 35.5. The van der Waals surface area contributed by atoms with Crippen LogP contribution in [0.25, 0.3) is 0 Å². The van der Waals surface area contributed by atoms with Crippen molar-refractivity contribution in [2.75, 3.05) is 13.1 Å². The highest BCUT2D eigenvalue weighted by Gasteiger charge is 2.20. The third-order valence-corrected chi connectivity index (χ3v) is 4.55. The molecule has 1 saturated carbocycles. The molecule has 1 aliphatic carbocycles. The van der Waals surface area contributed by atoms with Crippen molar-refractivity contribution in [1.82, 2.24) is 14.7 Å². The Kier molecular flexibility index (Phi) is 3.90. The number of rotatable bonds is 3. The predicted molar refractivity (Wildman–Crippen MR) is 73.9 cm³/mol. The molecule has 0 amide bonds. The van der Waals surface area contributed by atoms with Gasteiger partial charge >= 0.3 is 0 Å². The van der Waals surface area contributed by atoms with Crippen molar-refractivity contribution in [2.45, 2.75) is 56.5 Å². The second-order valence-electron chi connectivity index (χ2n) is 5.70. The molecule has 1 aliphatic heterocycles. The van der Waals surface area contributed by atoms with E-state index in [9.17, 15) is 0 Å². The van der Waals surface area contributed by atoms with Gasteiger partial charge in [0.15, 0.2) is 0 Å². The number of piperidine rings is 1. The number of hydrogen-bond acceptors (Lipinski definition) is 2. The molecule has 2 heterocycles. The summed E-state index contributed by atoms with van der Waals surface area (Å²) in [6.07, 6.45) is 9.86. The molecule has 2 aliphatic rings. The van der Waals surface area contributed by atoms with Crippen LogP contribution in [-0.4, -0.2) is 33.1 Å². The SMILES string of the molecule is ClC1CCCN(Cc2ccn(C3CCCC3)n2)C1. The normalized spacial score (nSPS) is 26.8. The number of hydrogen-bond donors (Lipinski definition) is 0. The number of likely N-dealkylation sites (tertiary alicyclic amines) is 1. The van der Waals surface area contributed by atoms with E-state index in [0.29, 0.717) is 11.4 Å². The van der Waals surface area contributed by atoms with Gasteiger partial charge in [-0.15, -0.1) is 11.6 Å². The number of halogens is 1. The molecular formula is C14H22ClN3. The average molecular weight is 268 g/mol. The molecule has 1 aromatic heterocycles. The highest BCUT2D eigenvalue weighted by Crippen LogP contribution is 2.28. The van der Waals surface area contributed by atoms with Crippen LogP contribution in [0.15, 0.2) is 12.3 Å². The largest absolute Gasteiger partial charge is 0.296 e. The predicted octanol–water partition coefficient (Wildman–Crippen LogP) is 3.20. The topological polar surface area (TPSA) is 21.1 Å². The van der Waals surface area contributed by atoms with E-state index >= 15 is 0 Å². The van der Waals surface area contributed by atoms with Crippen molar-refractivity contribution < 1.29 is 0 Å². The average Bonchev–Trinajstić information content (AvgIpc) is 2.98. The van der Waals surface area contributed by atoms with Gasteiger partial charge in [0.1, 0.15) is 0 Å². The van der Waals surface area contributed by atoms with E-state index in [-0.39, 0.29) is 0 Å². The van der Waals surface area contributed by atoms with E-state index in [2.05, 4.69) is 21.8 Å². The minimum absolute atomic E-state index is 0.329. The minimum Gasteiger partial charge on any atom is -0.296 e. The Morgan fingerprint density at radius 1 is 1.22 bits per heavy atom. The van der Waals surface area contributed by atoms with E-state index in [1.807, 2.05) is 0 Å². The van der Waals surface area contributed by atoms with Crippen LogP contribution in [0.2, 0.25) is 0 Å². The second-order valence-corrected chi connectivity index (χ2v) is 6.32. The summed E-state index contributed by atoms with van der Waals surface area (Å²) in [6.45, 7) is 3.14. The van der Waals surface area contributed by atoms with Crippen molar-refractivity contribution in [2.24, 2.45) is 0 Å². The molecule has 3 rings (SSSR count). The fraction of sp³-hybridized carbons (Fsp3) is 0.786. The van der Waals surface area contributed by atoms with Crippen LogP contribution in [0, 0.1) is 0 Å². The Bertz CT molecular complexity index is 384. The van der Waals surface area contributed by atoms with Gasteiger partial charge < -0.3 is 0 Å². The number of nitrogens with zero attached hydrogens (tertiary/aromatic N) is 3. The van der Waals surface area contributed by atoms with Crippen molar-refractivity contribution in [3.05, 3.63) is 18.0 Å². The molecule has 1 aromatic rings. The molecular weight excluding hydrogens is 246 g/mol. The van der Waals surface area contributed by atoms with E-state index in [1.165, 1.54) is 44.3 Å². The Balaban J connectivity index is 1.59. The molecule has 0 spiro atoms. The first-order valence-electron chi connectivity index (χ1n) is 7.22. The first-order chi connectivity index (χ1) is 8.81. The third kappa shape index (κ3) is 2.89. The fourth-order valence-corrected chi connectivity index (χ4v) is 3.56. The summed E-state index contributed by atoms with van der Waals surface area (Å²) in [6, 6.07) is 2.83. The smallest absolute Gasteiger partial charge is 0.0764 e. The molecule has 4 heteroatoms. The molecule has 0 bridgehead atoms. The summed E-state index contributed by atoms with van der Waals surface area (Å²) in [7, 11) is 0. The van der Waals surface area contributed by atoms with Crippen molar-refractivity contribution in [3.63, 3.8) is 0 Å². The van der Waals surface area contributed by atoms with Crippen LogP contribution in [0.4, 0.5) is 0 Å². The molecule has 2 fully saturated rings. The molecule has 18 heavy (non-hydrogen) atoms. The van der Waals surface area contributed by atoms with Crippen LogP contribution >= 0.6 is 11.6 Å². The van der Waals surface area contributed by atoms with Gasteiger partial charge in [0.05, 0.1) is 11.7 Å². The maximum absolute atomic E-state index is 6.22. The molecule has 0 aromatic carbocycles. The second kappa shape index (κ2) is 5.62. The molecule has 1 atom stereocenters. The van der Waals surface area contributed by atoms with Gasteiger partial charge in [-0.3, -0.25) is 9.58 Å². The van der Waals surface area contributed by atoms with E-state index in [4.69, 9.17) is 16.7 Å². The highest BCUT2D eigenvalue weighted by molar-refractivity contribution is 6.20. The van der Waals surface area contributed by atoms with Gasteiger partial charge in [-0.05, 0) is 38.3 Å². The number of alkyl halides is 1. The quantitative estimate of drug-likeness (QED) is 0.785. The first-order valence-corrected chi connectivity index (χ1v) is 7.65. The lowest BCUT2D eigenvalue weighted by atomic mass is 10.1. The van der Waals surface area contributed by atoms with Gasteiger partial charge in [0.2, 0.25) is 0 Å². The molecule has 1 unspecified atom stereocenters. The Morgan fingerprint density at radius 2 is 2.06 bits per heavy atom. The summed E-state index contributed by atoms with van der Waals surface area (Å²) in [4.78, 5) is 2.43. The zero-order valence-electron chi connectivity index (χ0n) is 10.9. The Morgan fingerprint density at radius 3 is 2.83 bits per heavy atom. The van der Waals surface area contributed by atoms with Gasteiger partial charge in [-0.25, -0.2) is 0 Å². The van der Waals surface area contributed by atoms with Crippen LogP contribution in [0.1, 0.15) is 50.3 Å². The van der Waals surface area contributed by atoms with E-state index in [1.54, 1.807) is 0 Å². The van der Waals surface area contributed by atoms with Crippen LogP contribution < -0.4 is 0 Å². The maximum atomic E-state index is 6.22. The van der Waals surface area contributed by atoms with Crippen molar-refractivity contribution >= 4 is 11.6 Å². The van der Waals surface area contributed by atoms with Gasteiger partial charge in [0.25, 0.3) is 0 Å². The lowest BCUT2D eigenvalue weighted by Gasteiger charge is -2.28. The lowest BCUT2D eigenvalue weighted by Crippen LogP contribution is -2.35. The zero-order valence-corrected chi connectivity index (χ0v) is 11.6. The molecule has 3 nitrogen and oxygen atoms in total. The lowest BCUT2D eigenvalue weighted by molar-refractivity contribution is 0.220. The van der Waals surface area contributed by atoms with Gasteiger partial charge in [-0.2, -0.15) is 5.10 Å². The Labute approximate surface area is 114 Å². The Hall–Kier alpha value is -0.540. The van der Waals surface area contributed by atoms with E-state index < -0.39 is 0 Å². The summed E-state index contributed by atoms with van der Waals surface area (Å²) in [5.41, 5.74) is 1.20. The van der Waals surface area contributed by atoms with Gasteiger partial charge in [-0.1, -0.05) is 12.8 Å². The molecule has 0 radical (unpaired) electrons. The molecule has 1 saturated heterocycles. The standard InChI is InChI=1S/C14H22ClN3/c15-12-4-3-8-17(10-12)11-13-7-9-18(16-13)14-5-1-2-6-14/h7,9,12,14H,1-6,8,10-11H2. The first kappa shape index (κ1) is 12.5. The van der Waals surface area contributed by atoms with Gasteiger partial charge in [0, 0.05) is 24.7 Å². The van der Waals surface area contributed by atoms with Crippen molar-refractivity contribution in [1.29, 1.82) is 0 Å². The minimum atomic E-state index is 0.329. The summed E-state index contributed by atoms with van der Waals surface area (Å²) in [5, 5.41) is 5.07. The summed E-state index contributed by atoms with van der Waals surface area (Å²) >= 11 is 6.22. The van der Waals surface area contributed by atoms with Crippen LogP contribution in [0.5, 0.6) is 0 Å². The van der Waals surface area contributed by atoms with Crippen molar-refractivity contribution in [3.8, 4) is 0 Å². The third-order valence-electron chi connectivity index (χ3n) is 4.20. The van der Waals surface area contributed by atoms with E-state index in [0.717, 1.165) is 19.5 Å². The summed E-state index contributed by atoms with van der Waals surface area (Å²) < 4.78 is 2.18.